The number of rotatable bonds is 3. The molecule has 0 unspecified atom stereocenters. The highest BCUT2D eigenvalue weighted by Gasteiger charge is 2.33. The van der Waals surface area contributed by atoms with Crippen LogP contribution in [0.4, 0.5) is 13.2 Å². The average molecular weight is 396 g/mol. The molecule has 0 aliphatic rings. The van der Waals surface area contributed by atoms with Crippen LogP contribution in [0.15, 0.2) is 6.20 Å². The number of ether oxygens (including phenoxy) is 2. The minimum atomic E-state index is -4.86. The first-order valence-electron chi connectivity index (χ1n) is 4.37. The van der Waals surface area contributed by atoms with Crippen LogP contribution in [0.3, 0.4) is 0 Å². The fourth-order valence-corrected chi connectivity index (χ4v) is 2.10. The highest BCUT2D eigenvalue weighted by molar-refractivity contribution is 14.1. The SMILES string of the molecule is COC(=O)c1c(CCl)ncc(OC(F)(F)F)c1I. The van der Waals surface area contributed by atoms with Crippen molar-refractivity contribution < 1.29 is 27.4 Å². The number of esters is 1. The number of alkyl halides is 4. The monoisotopic (exact) mass is 395 g/mol. The number of aromatic nitrogens is 1. The number of carbonyl (C=O) groups is 1. The van der Waals surface area contributed by atoms with E-state index < -0.39 is 18.1 Å². The molecule has 0 N–H and O–H groups in total. The van der Waals surface area contributed by atoms with Gasteiger partial charge in [0.05, 0.1) is 34.0 Å². The van der Waals surface area contributed by atoms with Crippen molar-refractivity contribution >= 4 is 40.2 Å². The lowest BCUT2D eigenvalue weighted by Crippen LogP contribution is -2.19. The zero-order valence-electron chi connectivity index (χ0n) is 8.85. The Morgan fingerprint density at radius 3 is 2.61 bits per heavy atom. The molecule has 0 aliphatic heterocycles. The molecule has 1 aromatic heterocycles. The Bertz CT molecular complexity index is 467. The van der Waals surface area contributed by atoms with Crippen molar-refractivity contribution in [2.75, 3.05) is 7.11 Å². The Labute approximate surface area is 119 Å². The maximum Gasteiger partial charge on any atom is 0.573 e. The Morgan fingerprint density at radius 2 is 2.17 bits per heavy atom. The summed E-state index contributed by atoms with van der Waals surface area (Å²) in [4.78, 5) is 15.1. The molecule has 0 atom stereocenters. The van der Waals surface area contributed by atoms with Gasteiger partial charge in [0.25, 0.3) is 0 Å². The molecule has 1 aromatic rings. The second kappa shape index (κ2) is 5.91. The lowest BCUT2D eigenvalue weighted by atomic mass is 10.2. The molecule has 9 heteroatoms. The second-order valence-electron chi connectivity index (χ2n) is 2.93. The molecule has 0 aliphatic carbocycles. The molecular weight excluding hydrogens is 389 g/mol. The van der Waals surface area contributed by atoms with Gasteiger partial charge in [-0.05, 0) is 22.6 Å². The first-order valence-corrected chi connectivity index (χ1v) is 5.99. The van der Waals surface area contributed by atoms with Crippen molar-refractivity contribution in [3.8, 4) is 5.75 Å². The standard InChI is InChI=1S/C9H6ClF3INO3/c1-17-8(16)6-4(2-10)15-3-5(7(6)14)18-9(11,12)13/h3H,2H2,1H3. The molecule has 18 heavy (non-hydrogen) atoms. The Morgan fingerprint density at radius 1 is 1.56 bits per heavy atom. The van der Waals surface area contributed by atoms with Crippen LogP contribution in [0.5, 0.6) is 5.75 Å². The van der Waals surface area contributed by atoms with Crippen LogP contribution in [-0.4, -0.2) is 24.4 Å². The van der Waals surface area contributed by atoms with Crippen molar-refractivity contribution in [1.82, 2.24) is 4.98 Å². The fraction of sp³-hybridized carbons (Fsp3) is 0.333. The predicted molar refractivity (Wildman–Crippen MR) is 64.5 cm³/mol. The molecule has 0 saturated carbocycles. The number of halogens is 5. The van der Waals surface area contributed by atoms with E-state index in [-0.39, 0.29) is 20.7 Å². The number of pyridine rings is 1. The fourth-order valence-electron chi connectivity index (χ4n) is 1.11. The summed E-state index contributed by atoms with van der Waals surface area (Å²) in [6.07, 6.45) is -4.00. The van der Waals surface area contributed by atoms with Gasteiger partial charge in [-0.2, -0.15) is 0 Å². The Hall–Kier alpha value is -0.770. The van der Waals surface area contributed by atoms with Crippen molar-refractivity contribution in [2.45, 2.75) is 12.2 Å². The van der Waals surface area contributed by atoms with E-state index in [9.17, 15) is 18.0 Å². The lowest BCUT2D eigenvalue weighted by Gasteiger charge is -2.13. The molecular formula is C9H6ClF3INO3. The second-order valence-corrected chi connectivity index (χ2v) is 4.28. The zero-order chi connectivity index (χ0) is 13.9. The van der Waals surface area contributed by atoms with Crippen LogP contribution in [0.25, 0.3) is 0 Å². The average Bonchev–Trinajstić information content (AvgIpc) is 2.29. The minimum absolute atomic E-state index is 0.0533. The van der Waals surface area contributed by atoms with Gasteiger partial charge in [-0.1, -0.05) is 0 Å². The van der Waals surface area contributed by atoms with Gasteiger partial charge in [0.2, 0.25) is 0 Å². The highest BCUT2D eigenvalue weighted by atomic mass is 127. The summed E-state index contributed by atoms with van der Waals surface area (Å²) in [6.45, 7) is 0. The summed E-state index contributed by atoms with van der Waals surface area (Å²) in [5, 5.41) is 0. The third-order valence-corrected chi connectivity index (χ3v) is 3.13. The first kappa shape index (κ1) is 15.3. The molecule has 0 fully saturated rings. The first-order chi connectivity index (χ1) is 8.30. The highest BCUT2D eigenvalue weighted by Crippen LogP contribution is 2.31. The molecule has 0 amide bonds. The third kappa shape index (κ3) is 3.61. The molecule has 4 nitrogen and oxygen atoms in total. The summed E-state index contributed by atoms with van der Waals surface area (Å²) < 4.78 is 44.5. The number of carbonyl (C=O) groups excluding carboxylic acids is 1. The maximum atomic E-state index is 12.1. The van der Waals surface area contributed by atoms with Gasteiger partial charge >= 0.3 is 12.3 Å². The molecule has 0 aromatic carbocycles. The molecule has 100 valence electrons. The van der Waals surface area contributed by atoms with E-state index in [2.05, 4.69) is 14.5 Å². The van der Waals surface area contributed by atoms with Crippen LogP contribution < -0.4 is 4.74 Å². The van der Waals surface area contributed by atoms with Crippen LogP contribution >= 0.6 is 34.2 Å². The van der Waals surface area contributed by atoms with Crippen LogP contribution in [0.1, 0.15) is 16.1 Å². The molecule has 0 radical (unpaired) electrons. The number of hydrogen-bond donors (Lipinski definition) is 0. The van der Waals surface area contributed by atoms with Gasteiger partial charge in [-0.25, -0.2) is 4.79 Å². The van der Waals surface area contributed by atoms with Crippen LogP contribution in [0, 0.1) is 3.57 Å². The van der Waals surface area contributed by atoms with Gasteiger partial charge in [-0.3, -0.25) is 4.98 Å². The topological polar surface area (TPSA) is 48.4 Å². The molecule has 0 saturated heterocycles. The van der Waals surface area contributed by atoms with E-state index in [1.807, 2.05) is 0 Å². The van der Waals surface area contributed by atoms with E-state index in [1.165, 1.54) is 0 Å². The van der Waals surface area contributed by atoms with Crippen LogP contribution in [0.2, 0.25) is 0 Å². The molecule has 0 bridgehead atoms. The number of nitrogens with zero attached hydrogens (tertiary/aromatic N) is 1. The summed E-state index contributed by atoms with van der Waals surface area (Å²) in [6, 6.07) is 0. The van der Waals surface area contributed by atoms with Gasteiger partial charge in [0.15, 0.2) is 5.75 Å². The summed E-state index contributed by atoms with van der Waals surface area (Å²) >= 11 is 7.10. The van der Waals surface area contributed by atoms with Crippen molar-refractivity contribution in [3.05, 3.63) is 21.0 Å². The van der Waals surface area contributed by atoms with Gasteiger partial charge in [0.1, 0.15) is 0 Å². The molecule has 1 heterocycles. The number of methoxy groups -OCH3 is 1. The van der Waals surface area contributed by atoms with Crippen molar-refractivity contribution in [2.24, 2.45) is 0 Å². The van der Waals surface area contributed by atoms with Gasteiger partial charge in [-0.15, -0.1) is 24.8 Å². The van der Waals surface area contributed by atoms with Crippen molar-refractivity contribution in [1.29, 1.82) is 0 Å². The van der Waals surface area contributed by atoms with Gasteiger partial charge in [0, 0.05) is 0 Å². The van der Waals surface area contributed by atoms with Crippen molar-refractivity contribution in [3.63, 3.8) is 0 Å². The molecule has 0 spiro atoms. The normalized spacial score (nSPS) is 11.2. The summed E-state index contributed by atoms with van der Waals surface area (Å²) in [5.41, 5.74) is -0.00251. The lowest BCUT2D eigenvalue weighted by molar-refractivity contribution is -0.275. The molecule has 1 rings (SSSR count). The minimum Gasteiger partial charge on any atom is -0.465 e. The van der Waals surface area contributed by atoms with Gasteiger partial charge < -0.3 is 9.47 Å². The van der Waals surface area contributed by atoms with E-state index >= 15 is 0 Å². The van der Waals surface area contributed by atoms with E-state index in [4.69, 9.17) is 11.6 Å². The van der Waals surface area contributed by atoms with E-state index in [0.29, 0.717) is 0 Å². The summed E-state index contributed by atoms with van der Waals surface area (Å²) in [5.74, 6) is -1.53. The quantitative estimate of drug-likeness (QED) is 0.448. The largest absolute Gasteiger partial charge is 0.573 e. The third-order valence-electron chi connectivity index (χ3n) is 1.80. The Kier molecular flexibility index (Phi) is 5.02. The van der Waals surface area contributed by atoms with E-state index in [1.54, 1.807) is 22.6 Å². The zero-order valence-corrected chi connectivity index (χ0v) is 11.8. The van der Waals surface area contributed by atoms with E-state index in [0.717, 1.165) is 13.3 Å². The smallest absolute Gasteiger partial charge is 0.465 e. The van der Waals surface area contributed by atoms with Crippen LogP contribution in [-0.2, 0) is 10.6 Å². The maximum absolute atomic E-state index is 12.1. The summed E-state index contributed by atoms with van der Waals surface area (Å²) in [7, 11) is 1.10. The Balaban J connectivity index is 3.30. The number of hydrogen-bond acceptors (Lipinski definition) is 4. The predicted octanol–water partition coefficient (Wildman–Crippen LogP) is 3.11.